The third-order valence-electron chi connectivity index (χ3n) is 4.92. The monoisotopic (exact) mass is 416 g/mol. The second-order valence-electron chi connectivity index (χ2n) is 7.17. The molecule has 29 heavy (non-hydrogen) atoms. The fourth-order valence-corrected chi connectivity index (χ4v) is 3.11. The zero-order valence-corrected chi connectivity index (χ0v) is 18.2. The van der Waals surface area contributed by atoms with Crippen molar-refractivity contribution >= 4 is 23.4 Å². The smallest absolute Gasteiger partial charge is 0.242 e. The largest absolute Gasteiger partial charge is 0.497 e. The van der Waals surface area contributed by atoms with Crippen molar-refractivity contribution in [2.24, 2.45) is 0 Å². The van der Waals surface area contributed by atoms with Gasteiger partial charge >= 0.3 is 0 Å². The summed E-state index contributed by atoms with van der Waals surface area (Å²) in [5.41, 5.74) is 1.74. The van der Waals surface area contributed by atoms with Crippen molar-refractivity contribution < 1.29 is 14.3 Å². The maximum Gasteiger partial charge on any atom is 0.242 e. The third kappa shape index (κ3) is 6.79. The van der Waals surface area contributed by atoms with Crippen LogP contribution >= 0.6 is 11.6 Å². The van der Waals surface area contributed by atoms with Crippen molar-refractivity contribution in [3.63, 3.8) is 0 Å². The van der Waals surface area contributed by atoms with E-state index >= 15 is 0 Å². The van der Waals surface area contributed by atoms with E-state index in [1.54, 1.807) is 25.0 Å². The molecule has 2 aromatic rings. The van der Waals surface area contributed by atoms with E-state index in [1.807, 2.05) is 56.3 Å². The molecule has 2 amide bonds. The zero-order chi connectivity index (χ0) is 21.4. The molecule has 2 unspecified atom stereocenters. The Labute approximate surface area is 178 Å². The fourth-order valence-electron chi connectivity index (χ4n) is 2.90. The summed E-state index contributed by atoms with van der Waals surface area (Å²) in [7, 11) is 1.60. The van der Waals surface area contributed by atoms with Crippen molar-refractivity contribution in [1.29, 1.82) is 0 Å². The van der Waals surface area contributed by atoms with E-state index in [2.05, 4.69) is 5.32 Å². The third-order valence-corrected chi connectivity index (χ3v) is 5.16. The van der Waals surface area contributed by atoms with Gasteiger partial charge in [-0.15, -0.1) is 0 Å². The SMILES string of the molecule is CCC(C)NC(=O)C(C)N(Cc1cccc(Cl)c1)C(=O)Cc1ccc(OC)cc1. The Bertz CT molecular complexity index is 823. The standard InChI is InChI=1S/C23H29ClN2O3/c1-5-16(2)25-23(28)17(3)26(15-19-7-6-8-20(24)13-19)22(27)14-18-9-11-21(29-4)12-10-18/h6-13,16-17H,5,14-15H2,1-4H3,(H,25,28). The number of benzene rings is 2. The maximum atomic E-state index is 13.1. The predicted molar refractivity (Wildman–Crippen MR) is 116 cm³/mol. The van der Waals surface area contributed by atoms with Gasteiger partial charge in [0.05, 0.1) is 13.5 Å². The molecular weight excluding hydrogens is 388 g/mol. The molecule has 2 rings (SSSR count). The number of halogens is 1. The van der Waals surface area contributed by atoms with E-state index in [0.717, 1.165) is 23.3 Å². The summed E-state index contributed by atoms with van der Waals surface area (Å²) in [4.78, 5) is 27.4. The first-order valence-electron chi connectivity index (χ1n) is 9.81. The van der Waals surface area contributed by atoms with Crippen LogP contribution < -0.4 is 10.1 Å². The predicted octanol–water partition coefficient (Wildman–Crippen LogP) is 4.22. The van der Waals surface area contributed by atoms with Gasteiger partial charge < -0.3 is 15.0 Å². The maximum absolute atomic E-state index is 13.1. The van der Waals surface area contributed by atoms with Crippen LogP contribution in [0.4, 0.5) is 0 Å². The zero-order valence-electron chi connectivity index (χ0n) is 17.4. The molecule has 2 atom stereocenters. The second kappa shape index (κ2) is 10.9. The summed E-state index contributed by atoms with van der Waals surface area (Å²) < 4.78 is 5.17. The van der Waals surface area contributed by atoms with Crippen molar-refractivity contribution in [3.05, 3.63) is 64.7 Å². The molecule has 0 aliphatic rings. The Morgan fingerprint density at radius 2 is 1.79 bits per heavy atom. The lowest BCUT2D eigenvalue weighted by Gasteiger charge is -2.30. The van der Waals surface area contributed by atoms with Gasteiger partial charge in [-0.05, 0) is 55.7 Å². The van der Waals surface area contributed by atoms with Crippen LogP contribution in [0.25, 0.3) is 0 Å². The molecule has 0 aromatic heterocycles. The molecule has 2 aromatic carbocycles. The minimum absolute atomic E-state index is 0.0506. The fraction of sp³-hybridized carbons (Fsp3) is 0.391. The van der Waals surface area contributed by atoms with Gasteiger partial charge in [-0.2, -0.15) is 0 Å². The molecule has 156 valence electrons. The summed E-state index contributed by atoms with van der Waals surface area (Å²) in [5.74, 6) is 0.449. The van der Waals surface area contributed by atoms with Gasteiger partial charge in [-0.3, -0.25) is 9.59 Å². The van der Waals surface area contributed by atoms with Crippen LogP contribution in [-0.4, -0.2) is 35.9 Å². The summed E-state index contributed by atoms with van der Waals surface area (Å²) >= 11 is 6.10. The molecule has 0 spiro atoms. The van der Waals surface area contributed by atoms with Gasteiger partial charge in [0.2, 0.25) is 11.8 Å². The highest BCUT2D eigenvalue weighted by atomic mass is 35.5. The highest BCUT2D eigenvalue weighted by molar-refractivity contribution is 6.30. The molecule has 0 bridgehead atoms. The Morgan fingerprint density at radius 1 is 1.10 bits per heavy atom. The number of hydrogen-bond donors (Lipinski definition) is 1. The van der Waals surface area contributed by atoms with E-state index in [4.69, 9.17) is 16.3 Å². The molecule has 5 nitrogen and oxygen atoms in total. The first-order valence-corrected chi connectivity index (χ1v) is 10.2. The van der Waals surface area contributed by atoms with Crippen LogP contribution in [0.2, 0.25) is 5.02 Å². The minimum Gasteiger partial charge on any atom is -0.497 e. The summed E-state index contributed by atoms with van der Waals surface area (Å²) in [6, 6.07) is 14.2. The van der Waals surface area contributed by atoms with Crippen molar-refractivity contribution in [1.82, 2.24) is 10.2 Å². The number of nitrogens with one attached hydrogen (secondary N) is 1. The Hall–Kier alpha value is -2.53. The van der Waals surface area contributed by atoms with E-state index in [1.165, 1.54) is 0 Å². The van der Waals surface area contributed by atoms with Crippen LogP contribution in [0.15, 0.2) is 48.5 Å². The van der Waals surface area contributed by atoms with Crippen LogP contribution in [-0.2, 0) is 22.6 Å². The normalized spacial score (nSPS) is 12.7. The quantitative estimate of drug-likeness (QED) is 0.665. The van der Waals surface area contributed by atoms with E-state index in [-0.39, 0.29) is 24.3 Å². The lowest BCUT2D eigenvalue weighted by Crippen LogP contribution is -2.49. The first-order chi connectivity index (χ1) is 13.8. The molecular formula is C23H29ClN2O3. The second-order valence-corrected chi connectivity index (χ2v) is 7.61. The summed E-state index contributed by atoms with van der Waals surface area (Å²) in [5, 5.41) is 3.56. The van der Waals surface area contributed by atoms with Crippen LogP contribution in [0.3, 0.4) is 0 Å². The van der Waals surface area contributed by atoms with Gasteiger partial charge in [0, 0.05) is 17.6 Å². The van der Waals surface area contributed by atoms with Gasteiger partial charge in [-0.25, -0.2) is 0 Å². The topological polar surface area (TPSA) is 58.6 Å². The first kappa shape index (κ1) is 22.8. The Morgan fingerprint density at radius 3 is 2.38 bits per heavy atom. The molecule has 0 heterocycles. The minimum atomic E-state index is -0.603. The number of nitrogens with zero attached hydrogens (tertiary/aromatic N) is 1. The highest BCUT2D eigenvalue weighted by Gasteiger charge is 2.26. The molecule has 0 aliphatic carbocycles. The highest BCUT2D eigenvalue weighted by Crippen LogP contribution is 2.17. The van der Waals surface area contributed by atoms with Gasteiger partial charge in [0.15, 0.2) is 0 Å². The number of carbonyl (C=O) groups is 2. The van der Waals surface area contributed by atoms with E-state index in [0.29, 0.717) is 11.6 Å². The number of rotatable bonds is 9. The lowest BCUT2D eigenvalue weighted by atomic mass is 10.1. The van der Waals surface area contributed by atoms with E-state index < -0.39 is 6.04 Å². The molecule has 0 radical (unpaired) electrons. The Kier molecular flexibility index (Phi) is 8.52. The number of hydrogen-bond acceptors (Lipinski definition) is 3. The summed E-state index contributed by atoms with van der Waals surface area (Å²) in [6.07, 6.45) is 1.03. The number of amides is 2. The van der Waals surface area contributed by atoms with Crippen LogP contribution in [0.1, 0.15) is 38.3 Å². The molecule has 1 N–H and O–H groups in total. The molecule has 0 saturated carbocycles. The van der Waals surface area contributed by atoms with Crippen molar-refractivity contribution in [3.8, 4) is 5.75 Å². The average Bonchev–Trinajstić information content (AvgIpc) is 2.71. The van der Waals surface area contributed by atoms with Crippen molar-refractivity contribution in [2.45, 2.75) is 52.2 Å². The summed E-state index contributed by atoms with van der Waals surface area (Å²) in [6.45, 7) is 6.03. The van der Waals surface area contributed by atoms with Gasteiger partial charge in [-0.1, -0.05) is 42.8 Å². The number of methoxy groups -OCH3 is 1. The average molecular weight is 417 g/mol. The lowest BCUT2D eigenvalue weighted by molar-refractivity contribution is -0.140. The van der Waals surface area contributed by atoms with Crippen LogP contribution in [0, 0.1) is 0 Å². The molecule has 0 fully saturated rings. The Balaban J connectivity index is 2.21. The molecule has 0 aliphatic heterocycles. The van der Waals surface area contributed by atoms with Crippen molar-refractivity contribution in [2.75, 3.05) is 7.11 Å². The number of ether oxygens (including phenoxy) is 1. The molecule has 0 saturated heterocycles. The van der Waals surface area contributed by atoms with E-state index in [9.17, 15) is 9.59 Å². The van der Waals surface area contributed by atoms with Gasteiger partial charge in [0.25, 0.3) is 0 Å². The van der Waals surface area contributed by atoms with Crippen LogP contribution in [0.5, 0.6) is 5.75 Å². The molecule has 6 heteroatoms. The number of carbonyl (C=O) groups excluding carboxylic acids is 2. The van der Waals surface area contributed by atoms with Gasteiger partial charge in [0.1, 0.15) is 11.8 Å².